The molecule has 1 aliphatic carbocycles. The largest absolute Gasteiger partial charge is 0.393 e. The predicted octanol–water partition coefficient (Wildman–Crippen LogP) is 2.84. The topological polar surface area (TPSA) is 62.3 Å². The minimum absolute atomic E-state index is 0.000737. The zero-order valence-electron chi connectivity index (χ0n) is 13.0. The Morgan fingerprint density at radius 2 is 2.00 bits per heavy atom. The number of pyridine rings is 1. The van der Waals surface area contributed by atoms with Gasteiger partial charge in [-0.15, -0.1) is 0 Å². The maximum absolute atomic E-state index is 12.9. The van der Waals surface area contributed by atoms with Crippen LogP contribution in [0.15, 0.2) is 18.3 Å². The molecule has 8 heteroatoms. The first kappa shape index (κ1) is 16.7. The fraction of sp³-hybridized carbons (Fsp3) is 0.562. The van der Waals surface area contributed by atoms with E-state index in [1.165, 1.54) is 23.2 Å². The molecule has 1 atom stereocenters. The zero-order chi connectivity index (χ0) is 17.3. The molecular weight excluding hydrogens is 323 g/mol. The number of hydrogen-bond donors (Lipinski definition) is 1. The van der Waals surface area contributed by atoms with Gasteiger partial charge in [-0.2, -0.15) is 13.2 Å². The van der Waals surface area contributed by atoms with Crippen LogP contribution in [0.5, 0.6) is 0 Å². The van der Waals surface area contributed by atoms with Crippen molar-refractivity contribution >= 4 is 17.6 Å². The number of alkyl halides is 3. The molecule has 3 rings (SSSR count). The Morgan fingerprint density at radius 3 is 2.67 bits per heavy atom. The summed E-state index contributed by atoms with van der Waals surface area (Å²) in [5, 5.41) is 2.63. The van der Waals surface area contributed by atoms with Gasteiger partial charge in [0.15, 0.2) is 0 Å². The molecule has 2 aliphatic rings. The summed E-state index contributed by atoms with van der Waals surface area (Å²) in [4.78, 5) is 29.4. The molecule has 1 aromatic heterocycles. The molecule has 1 saturated heterocycles. The van der Waals surface area contributed by atoms with E-state index >= 15 is 0 Å². The Kier molecular flexibility index (Phi) is 4.47. The van der Waals surface area contributed by atoms with Crippen molar-refractivity contribution in [3.63, 3.8) is 0 Å². The third kappa shape index (κ3) is 3.85. The first-order valence-electron chi connectivity index (χ1n) is 7.97. The van der Waals surface area contributed by atoms with Crippen molar-refractivity contribution in [1.29, 1.82) is 0 Å². The Labute approximate surface area is 137 Å². The Hall–Kier alpha value is -2.12. The van der Waals surface area contributed by atoms with E-state index in [1.807, 2.05) is 0 Å². The Balaban J connectivity index is 1.69. The lowest BCUT2D eigenvalue weighted by molar-refractivity contribution is -0.184. The molecule has 2 amide bonds. The molecule has 2 heterocycles. The van der Waals surface area contributed by atoms with Crippen LogP contribution in [0, 0.1) is 11.8 Å². The molecule has 1 aromatic rings. The predicted molar refractivity (Wildman–Crippen MR) is 80.3 cm³/mol. The van der Waals surface area contributed by atoms with E-state index in [4.69, 9.17) is 0 Å². The van der Waals surface area contributed by atoms with Crippen LogP contribution in [0.4, 0.5) is 19.0 Å². The number of carbonyl (C=O) groups is 2. The number of amides is 2. The molecule has 1 N–H and O–H groups in total. The van der Waals surface area contributed by atoms with Gasteiger partial charge in [0.25, 0.3) is 5.91 Å². The third-order valence-corrected chi connectivity index (χ3v) is 4.38. The molecule has 0 radical (unpaired) electrons. The van der Waals surface area contributed by atoms with Gasteiger partial charge in [0.2, 0.25) is 5.91 Å². The molecule has 0 aromatic carbocycles. The summed E-state index contributed by atoms with van der Waals surface area (Å²) in [6.45, 7) is -0.0219. The van der Waals surface area contributed by atoms with E-state index in [-0.39, 0.29) is 36.2 Å². The first-order valence-corrected chi connectivity index (χ1v) is 7.97. The summed E-state index contributed by atoms with van der Waals surface area (Å²) in [6, 6.07) is 2.87. The fourth-order valence-corrected chi connectivity index (χ4v) is 2.82. The number of hydrogen-bond acceptors (Lipinski definition) is 3. The third-order valence-electron chi connectivity index (χ3n) is 4.38. The normalized spacial score (nSPS) is 21.5. The monoisotopic (exact) mass is 341 g/mol. The summed E-state index contributed by atoms with van der Waals surface area (Å²) in [6.07, 6.45) is -0.853. The minimum atomic E-state index is -4.29. The number of nitrogens with zero attached hydrogens (tertiary/aromatic N) is 2. The van der Waals surface area contributed by atoms with E-state index in [1.54, 1.807) is 0 Å². The molecule has 1 aliphatic heterocycles. The van der Waals surface area contributed by atoms with Gasteiger partial charge >= 0.3 is 6.18 Å². The summed E-state index contributed by atoms with van der Waals surface area (Å²) in [7, 11) is 0. The number of rotatable bonds is 3. The van der Waals surface area contributed by atoms with Gasteiger partial charge < -0.3 is 10.2 Å². The average Bonchev–Trinajstić information content (AvgIpc) is 3.39. The maximum Gasteiger partial charge on any atom is 0.393 e. The molecule has 5 nitrogen and oxygen atoms in total. The summed E-state index contributed by atoms with van der Waals surface area (Å²) in [5.41, 5.74) is 0.235. The highest BCUT2D eigenvalue weighted by Crippen LogP contribution is 2.33. The van der Waals surface area contributed by atoms with Crippen molar-refractivity contribution in [3.8, 4) is 0 Å². The van der Waals surface area contributed by atoms with Crippen LogP contribution in [0.2, 0.25) is 0 Å². The van der Waals surface area contributed by atoms with Crippen LogP contribution in [-0.2, 0) is 4.79 Å². The van der Waals surface area contributed by atoms with Crippen LogP contribution in [-0.4, -0.2) is 41.0 Å². The highest BCUT2D eigenvalue weighted by molar-refractivity contribution is 5.97. The zero-order valence-corrected chi connectivity index (χ0v) is 13.0. The molecule has 2 fully saturated rings. The van der Waals surface area contributed by atoms with Crippen LogP contribution in [0.1, 0.15) is 36.0 Å². The molecule has 0 bridgehead atoms. The average molecular weight is 341 g/mol. The van der Waals surface area contributed by atoms with Gasteiger partial charge in [-0.05, 0) is 37.8 Å². The van der Waals surface area contributed by atoms with E-state index < -0.39 is 18.0 Å². The number of halogens is 3. The van der Waals surface area contributed by atoms with E-state index in [0.717, 1.165) is 12.8 Å². The second kappa shape index (κ2) is 6.41. The van der Waals surface area contributed by atoms with Crippen LogP contribution < -0.4 is 5.32 Å². The standard InChI is InChI=1S/C16H18F3N3O2/c17-16(18,19)12-2-1-7-22(9-12)15(24)11-5-6-20-13(8-11)21-14(23)10-3-4-10/h5-6,8,10,12H,1-4,7,9H2,(H,20,21,23)/t12-/m1/s1. The smallest absolute Gasteiger partial charge is 0.338 e. The number of likely N-dealkylation sites (tertiary alicyclic amines) is 1. The number of nitrogens with one attached hydrogen (secondary N) is 1. The Bertz CT molecular complexity index is 644. The quantitative estimate of drug-likeness (QED) is 0.920. The van der Waals surface area contributed by atoms with E-state index in [2.05, 4.69) is 10.3 Å². The van der Waals surface area contributed by atoms with E-state index in [0.29, 0.717) is 13.0 Å². The van der Waals surface area contributed by atoms with Gasteiger partial charge in [-0.3, -0.25) is 9.59 Å². The second-order valence-electron chi connectivity index (χ2n) is 6.33. The lowest BCUT2D eigenvalue weighted by atomic mass is 9.97. The number of piperidine rings is 1. The van der Waals surface area contributed by atoms with Crippen LogP contribution in [0.25, 0.3) is 0 Å². The summed E-state index contributed by atoms with van der Waals surface area (Å²) in [5.74, 6) is -1.83. The lowest BCUT2D eigenvalue weighted by Crippen LogP contribution is -2.44. The molecule has 130 valence electrons. The molecule has 1 saturated carbocycles. The van der Waals surface area contributed by atoms with Crippen molar-refractivity contribution in [3.05, 3.63) is 23.9 Å². The molecule has 24 heavy (non-hydrogen) atoms. The highest BCUT2D eigenvalue weighted by Gasteiger charge is 2.42. The van der Waals surface area contributed by atoms with Gasteiger partial charge in [-0.25, -0.2) is 4.98 Å². The molecule has 0 spiro atoms. The second-order valence-corrected chi connectivity index (χ2v) is 6.33. The van der Waals surface area contributed by atoms with Crippen molar-refractivity contribution < 1.29 is 22.8 Å². The SMILES string of the molecule is O=C(Nc1cc(C(=O)N2CCC[C@@H](C(F)(F)F)C2)ccn1)C1CC1. The molecule has 0 unspecified atom stereocenters. The highest BCUT2D eigenvalue weighted by atomic mass is 19.4. The molecular formula is C16H18F3N3O2. The van der Waals surface area contributed by atoms with Gasteiger partial charge in [0, 0.05) is 30.8 Å². The van der Waals surface area contributed by atoms with Gasteiger partial charge in [0.1, 0.15) is 5.82 Å². The number of anilines is 1. The van der Waals surface area contributed by atoms with Crippen LogP contribution >= 0.6 is 0 Å². The van der Waals surface area contributed by atoms with E-state index in [9.17, 15) is 22.8 Å². The summed E-state index contributed by atoms with van der Waals surface area (Å²) >= 11 is 0. The Morgan fingerprint density at radius 1 is 1.25 bits per heavy atom. The van der Waals surface area contributed by atoms with Crippen molar-refractivity contribution in [2.75, 3.05) is 18.4 Å². The maximum atomic E-state index is 12.9. The lowest BCUT2D eigenvalue weighted by Gasteiger charge is -2.33. The first-order chi connectivity index (χ1) is 11.3. The summed E-state index contributed by atoms with van der Waals surface area (Å²) < 4.78 is 38.6. The van der Waals surface area contributed by atoms with Crippen LogP contribution in [0.3, 0.4) is 0 Å². The minimum Gasteiger partial charge on any atom is -0.338 e. The number of carbonyl (C=O) groups excluding carboxylic acids is 2. The van der Waals surface area contributed by atoms with Gasteiger partial charge in [0.05, 0.1) is 5.92 Å². The number of aromatic nitrogens is 1. The van der Waals surface area contributed by atoms with Gasteiger partial charge in [-0.1, -0.05) is 0 Å². The fourth-order valence-electron chi connectivity index (χ4n) is 2.82. The van der Waals surface area contributed by atoms with Crippen molar-refractivity contribution in [2.45, 2.75) is 31.9 Å². The van der Waals surface area contributed by atoms with Crippen molar-refractivity contribution in [1.82, 2.24) is 9.88 Å². The van der Waals surface area contributed by atoms with Crippen molar-refractivity contribution in [2.24, 2.45) is 11.8 Å².